The van der Waals surface area contributed by atoms with Crippen LogP contribution >= 0.6 is 0 Å². The molecule has 4 heterocycles. The summed E-state index contributed by atoms with van der Waals surface area (Å²) in [5.74, 6) is -2.13. The number of carbonyl (C=O) groups is 3. The molecule has 2 saturated heterocycles. The Morgan fingerprint density at radius 1 is 1.25 bits per heavy atom. The van der Waals surface area contributed by atoms with Gasteiger partial charge >= 0.3 is 6.18 Å². The average Bonchev–Trinajstić information content (AvgIpc) is 3.33. The number of halogens is 4. The lowest BCUT2D eigenvalue weighted by Crippen LogP contribution is -2.75. The predicted octanol–water partition coefficient (Wildman–Crippen LogP) is 1.63. The number of nitrogens with zero attached hydrogens (tertiary/aromatic N) is 2. The van der Waals surface area contributed by atoms with Gasteiger partial charge in [-0.1, -0.05) is 0 Å². The van der Waals surface area contributed by atoms with Crippen molar-refractivity contribution in [2.75, 3.05) is 18.1 Å². The lowest BCUT2D eigenvalue weighted by molar-refractivity contribution is -0.243. The van der Waals surface area contributed by atoms with Gasteiger partial charge in [0.1, 0.15) is 11.6 Å². The number of anilines is 1. The van der Waals surface area contributed by atoms with E-state index in [4.69, 9.17) is 4.74 Å². The highest BCUT2D eigenvalue weighted by molar-refractivity contribution is 6.09. The number of ether oxygens (including phenoxy) is 1. The molecule has 0 bridgehead atoms. The van der Waals surface area contributed by atoms with E-state index in [1.165, 1.54) is 19.2 Å². The molecule has 9 nitrogen and oxygen atoms in total. The van der Waals surface area contributed by atoms with Gasteiger partial charge in [0.2, 0.25) is 11.8 Å². The van der Waals surface area contributed by atoms with Crippen molar-refractivity contribution < 1.29 is 36.7 Å². The largest absolute Gasteiger partial charge is 0.416 e. The summed E-state index contributed by atoms with van der Waals surface area (Å²) >= 11 is 0. The van der Waals surface area contributed by atoms with Crippen molar-refractivity contribution in [3.05, 3.63) is 47.3 Å². The number of alkyl halides is 3. The number of benzene rings is 1. The van der Waals surface area contributed by atoms with E-state index >= 15 is 4.39 Å². The molecule has 2 fully saturated rings. The Balaban J connectivity index is 1.58. The fourth-order valence-corrected chi connectivity index (χ4v) is 5.54. The molecule has 3 atom stereocenters. The average molecular weight is 509 g/mol. The monoisotopic (exact) mass is 509 g/mol. The summed E-state index contributed by atoms with van der Waals surface area (Å²) in [6, 6.07) is 1.15. The highest BCUT2D eigenvalue weighted by atomic mass is 19.4. The predicted molar refractivity (Wildman–Crippen MR) is 116 cm³/mol. The van der Waals surface area contributed by atoms with Crippen LogP contribution in [0.25, 0.3) is 0 Å². The topological polar surface area (TPSA) is 116 Å². The number of hydrogen-bond donors (Lipinski definition) is 3. The molecular formula is C23H23F4N5O4. The molecule has 3 aliphatic heterocycles. The van der Waals surface area contributed by atoms with E-state index < -0.39 is 59.8 Å². The zero-order valence-corrected chi connectivity index (χ0v) is 19.1. The number of hydrogen-bond acceptors (Lipinski definition) is 6. The molecule has 3 aliphatic rings. The van der Waals surface area contributed by atoms with Crippen LogP contribution in [-0.4, -0.2) is 65.2 Å². The lowest BCUT2D eigenvalue weighted by atomic mass is 9.66. The van der Waals surface area contributed by atoms with E-state index in [1.807, 2.05) is 0 Å². The summed E-state index contributed by atoms with van der Waals surface area (Å²) < 4.78 is 61.7. The third-order valence-corrected chi connectivity index (χ3v) is 7.06. The number of aryl methyl sites for hydroxylation is 1. The summed E-state index contributed by atoms with van der Waals surface area (Å²) in [5.41, 5.74) is -1.93. The Morgan fingerprint density at radius 2 is 1.97 bits per heavy atom. The van der Waals surface area contributed by atoms with Crippen LogP contribution in [0.4, 0.5) is 23.2 Å². The van der Waals surface area contributed by atoms with Crippen LogP contribution in [0.2, 0.25) is 0 Å². The van der Waals surface area contributed by atoms with Gasteiger partial charge in [-0.05, 0) is 24.6 Å². The lowest BCUT2D eigenvalue weighted by Gasteiger charge is -2.56. The number of imidazole rings is 1. The Bertz CT molecular complexity index is 1200. The van der Waals surface area contributed by atoms with Crippen LogP contribution < -0.4 is 15.5 Å². The molecule has 2 aromatic rings. The molecule has 192 valence electrons. The number of Topliss-reactive ketones (excluding diaryl/α,β-unsaturated/α-hetero) is 1. The Labute approximate surface area is 202 Å². The maximum Gasteiger partial charge on any atom is 0.416 e. The third-order valence-electron chi connectivity index (χ3n) is 7.06. The van der Waals surface area contributed by atoms with Gasteiger partial charge in [-0.15, -0.1) is 0 Å². The van der Waals surface area contributed by atoms with E-state index in [0.717, 1.165) is 11.0 Å². The first kappa shape index (κ1) is 24.2. The summed E-state index contributed by atoms with van der Waals surface area (Å²) in [6.45, 7) is 0.386. The molecule has 1 aromatic carbocycles. The summed E-state index contributed by atoms with van der Waals surface area (Å²) in [6.07, 6.45) is -5.13. The van der Waals surface area contributed by atoms with E-state index in [9.17, 15) is 27.6 Å². The van der Waals surface area contributed by atoms with Crippen LogP contribution in [0.5, 0.6) is 0 Å². The molecular weight excluding hydrogens is 486 g/mol. The van der Waals surface area contributed by atoms with Crippen molar-refractivity contribution in [1.29, 1.82) is 0 Å². The minimum atomic E-state index is -4.75. The van der Waals surface area contributed by atoms with E-state index in [1.54, 1.807) is 6.20 Å². The maximum atomic E-state index is 15.5. The van der Waals surface area contributed by atoms with Crippen molar-refractivity contribution in [1.82, 2.24) is 20.6 Å². The number of rotatable bonds is 4. The number of H-pyrrole nitrogens is 1. The zero-order chi connectivity index (χ0) is 25.8. The first-order valence-corrected chi connectivity index (χ1v) is 11.4. The van der Waals surface area contributed by atoms with Crippen LogP contribution in [0.15, 0.2) is 24.5 Å². The van der Waals surface area contributed by atoms with Crippen LogP contribution in [-0.2, 0) is 27.2 Å². The normalized spacial score (nSPS) is 25.1. The first-order chi connectivity index (χ1) is 17.0. The molecule has 1 spiro atoms. The number of aromatic nitrogens is 2. The number of aromatic amines is 1. The molecule has 3 N–H and O–H groups in total. The van der Waals surface area contributed by atoms with Crippen LogP contribution in [0.3, 0.4) is 0 Å². The molecule has 0 unspecified atom stereocenters. The van der Waals surface area contributed by atoms with Crippen molar-refractivity contribution in [2.24, 2.45) is 5.41 Å². The number of carbonyl (C=O) groups excluding carboxylic acids is 3. The fourth-order valence-electron chi connectivity index (χ4n) is 5.54. The fraction of sp³-hybridized carbons (Fsp3) is 0.478. The minimum absolute atomic E-state index is 0.00305. The van der Waals surface area contributed by atoms with E-state index in [0.29, 0.717) is 5.82 Å². The molecule has 13 heteroatoms. The van der Waals surface area contributed by atoms with Gasteiger partial charge in [-0.3, -0.25) is 14.4 Å². The van der Waals surface area contributed by atoms with Crippen molar-refractivity contribution in [3.8, 4) is 0 Å². The number of amides is 2. The summed E-state index contributed by atoms with van der Waals surface area (Å²) in [7, 11) is 0. The molecule has 36 heavy (non-hydrogen) atoms. The Hall–Kier alpha value is -3.48. The molecule has 0 radical (unpaired) electrons. The standard InChI is InChI=1S/C23H23F4N5O4/c1-11-19-22(20(34)30-10-31-21(22)35)8-13-6-12(15(33)2-3-17-28-4-5-29-17)7-14(24)18(13)32(19)9-16(36-11)23(25,26)27/h4-7,11,16,19H,2-3,8-10H2,1H3,(H,28,29)(H,30,34)(H,31,35)/t11-,16-,19+/m0/s1. The van der Waals surface area contributed by atoms with Gasteiger partial charge in [0, 0.05) is 37.2 Å². The van der Waals surface area contributed by atoms with Gasteiger partial charge in [-0.25, -0.2) is 9.37 Å². The third kappa shape index (κ3) is 3.81. The number of fused-ring (bicyclic) bond motifs is 4. The van der Waals surface area contributed by atoms with Crippen LogP contribution in [0.1, 0.15) is 35.1 Å². The van der Waals surface area contributed by atoms with Crippen LogP contribution in [0, 0.1) is 11.2 Å². The van der Waals surface area contributed by atoms with Crippen molar-refractivity contribution in [3.63, 3.8) is 0 Å². The van der Waals surface area contributed by atoms with Gasteiger partial charge in [-0.2, -0.15) is 13.2 Å². The second kappa shape index (κ2) is 8.57. The number of ketones is 1. The molecule has 0 saturated carbocycles. The van der Waals surface area contributed by atoms with E-state index in [-0.39, 0.29) is 42.7 Å². The second-order valence-electron chi connectivity index (χ2n) is 9.23. The highest BCUT2D eigenvalue weighted by Crippen LogP contribution is 2.49. The molecule has 1 aromatic heterocycles. The second-order valence-corrected chi connectivity index (χ2v) is 9.23. The first-order valence-electron chi connectivity index (χ1n) is 11.4. The van der Waals surface area contributed by atoms with E-state index in [2.05, 4.69) is 20.6 Å². The highest BCUT2D eigenvalue weighted by Gasteiger charge is 2.64. The van der Waals surface area contributed by atoms with Gasteiger partial charge in [0.05, 0.1) is 31.0 Å². The zero-order valence-electron chi connectivity index (χ0n) is 19.1. The van der Waals surface area contributed by atoms with Gasteiger partial charge in [0.15, 0.2) is 17.3 Å². The number of nitrogens with one attached hydrogen (secondary N) is 3. The molecule has 5 rings (SSSR count). The SMILES string of the molecule is C[C@@H]1O[C@H](C(F)(F)F)CN2c3c(F)cc(C(=O)CCc4ncc[nH]4)cc3CC3(C(=O)NCNC3=O)[C@@H]12. The Kier molecular flexibility index (Phi) is 5.77. The van der Waals surface area contributed by atoms with Crippen molar-refractivity contribution >= 4 is 23.3 Å². The molecule has 0 aliphatic carbocycles. The Morgan fingerprint density at radius 3 is 2.61 bits per heavy atom. The summed E-state index contributed by atoms with van der Waals surface area (Å²) in [4.78, 5) is 47.2. The van der Waals surface area contributed by atoms with Gasteiger partial charge in [0.25, 0.3) is 0 Å². The quantitative estimate of drug-likeness (QED) is 0.328. The van der Waals surface area contributed by atoms with Crippen molar-refractivity contribution in [2.45, 2.75) is 50.6 Å². The number of morpholine rings is 1. The maximum absolute atomic E-state index is 15.5. The minimum Gasteiger partial charge on any atom is -0.362 e. The molecule has 2 amide bonds. The smallest absolute Gasteiger partial charge is 0.362 e. The van der Waals surface area contributed by atoms with Gasteiger partial charge < -0.3 is 25.3 Å². The summed E-state index contributed by atoms with van der Waals surface area (Å²) in [5, 5.41) is 5.08.